The van der Waals surface area contributed by atoms with Crippen LogP contribution in [0.2, 0.25) is 0 Å². The molecule has 1 aliphatic rings. The van der Waals surface area contributed by atoms with E-state index in [-0.39, 0.29) is 17.9 Å². The SMILES string of the molecule is CCn1nnc(/C=C/c2ccc(C3Cc4cc(OC)ccc4C(C)N3c3ccc(F)cc3)cc2)n1. The summed E-state index contributed by atoms with van der Waals surface area (Å²) in [6.07, 6.45) is 4.68. The third-order valence-electron chi connectivity index (χ3n) is 6.59. The molecule has 0 radical (unpaired) electrons. The van der Waals surface area contributed by atoms with E-state index in [1.165, 1.54) is 28.8 Å². The molecule has 1 aliphatic heterocycles. The first kappa shape index (κ1) is 22.8. The van der Waals surface area contributed by atoms with E-state index in [9.17, 15) is 4.39 Å². The first-order valence-electron chi connectivity index (χ1n) is 11.8. The van der Waals surface area contributed by atoms with E-state index in [0.29, 0.717) is 12.4 Å². The molecule has 1 aromatic heterocycles. The molecule has 35 heavy (non-hydrogen) atoms. The van der Waals surface area contributed by atoms with Crippen molar-refractivity contribution in [1.82, 2.24) is 20.2 Å². The highest BCUT2D eigenvalue weighted by molar-refractivity contribution is 5.66. The van der Waals surface area contributed by atoms with Crippen LogP contribution < -0.4 is 9.64 Å². The van der Waals surface area contributed by atoms with Gasteiger partial charge in [-0.1, -0.05) is 36.4 Å². The van der Waals surface area contributed by atoms with Gasteiger partial charge in [-0.15, -0.1) is 10.2 Å². The predicted octanol–water partition coefficient (Wildman–Crippen LogP) is 5.88. The summed E-state index contributed by atoms with van der Waals surface area (Å²) < 4.78 is 19.2. The monoisotopic (exact) mass is 469 g/mol. The molecular formula is C28H28FN5O. The van der Waals surface area contributed by atoms with Gasteiger partial charge in [-0.2, -0.15) is 4.80 Å². The molecule has 5 rings (SSSR count). The van der Waals surface area contributed by atoms with E-state index in [4.69, 9.17) is 4.74 Å². The number of tetrazole rings is 1. The van der Waals surface area contributed by atoms with E-state index in [1.807, 2.05) is 37.3 Å². The number of hydrogen-bond acceptors (Lipinski definition) is 5. The molecule has 6 nitrogen and oxygen atoms in total. The average molecular weight is 470 g/mol. The Morgan fingerprint density at radius 1 is 1.03 bits per heavy atom. The van der Waals surface area contributed by atoms with Gasteiger partial charge in [0.15, 0.2) is 5.82 Å². The van der Waals surface area contributed by atoms with Crippen molar-refractivity contribution in [3.8, 4) is 5.75 Å². The number of benzene rings is 3. The van der Waals surface area contributed by atoms with Crippen LogP contribution in [0, 0.1) is 5.82 Å². The Morgan fingerprint density at radius 2 is 1.80 bits per heavy atom. The maximum atomic E-state index is 13.7. The average Bonchev–Trinajstić information content (AvgIpc) is 3.36. The number of nitrogens with zero attached hydrogens (tertiary/aromatic N) is 5. The standard InChI is InChI=1S/C28H28FN5O/c1-4-33-31-28(30-32-33)16-7-20-5-8-21(9-6-20)27-18-22-17-25(35-3)14-15-26(22)19(2)34(27)24-12-10-23(29)11-13-24/h5-17,19,27H,4,18H2,1-3H3/b16-7+. The fraction of sp³-hybridized carbons (Fsp3) is 0.250. The van der Waals surface area contributed by atoms with Gasteiger partial charge in [-0.3, -0.25) is 0 Å². The summed E-state index contributed by atoms with van der Waals surface area (Å²) in [5.41, 5.74) is 5.79. The number of ether oxygens (including phenoxy) is 1. The summed E-state index contributed by atoms with van der Waals surface area (Å²) >= 11 is 0. The van der Waals surface area contributed by atoms with Crippen molar-refractivity contribution in [2.75, 3.05) is 12.0 Å². The summed E-state index contributed by atoms with van der Waals surface area (Å²) in [6.45, 7) is 4.87. The molecule has 3 aromatic carbocycles. The van der Waals surface area contributed by atoms with Gasteiger partial charge < -0.3 is 9.64 Å². The first-order valence-corrected chi connectivity index (χ1v) is 11.8. The number of aryl methyl sites for hydroxylation is 1. The molecule has 0 saturated carbocycles. The Labute approximate surface area is 204 Å². The summed E-state index contributed by atoms with van der Waals surface area (Å²) in [7, 11) is 1.70. The Kier molecular flexibility index (Phi) is 6.31. The predicted molar refractivity (Wildman–Crippen MR) is 136 cm³/mol. The Morgan fingerprint density at radius 3 is 2.49 bits per heavy atom. The van der Waals surface area contributed by atoms with E-state index in [0.717, 1.165) is 23.4 Å². The highest BCUT2D eigenvalue weighted by Gasteiger charge is 2.33. The Balaban J connectivity index is 1.47. The van der Waals surface area contributed by atoms with Crippen molar-refractivity contribution in [2.45, 2.75) is 38.9 Å². The van der Waals surface area contributed by atoms with Gasteiger partial charge in [0, 0.05) is 5.69 Å². The summed E-state index contributed by atoms with van der Waals surface area (Å²) in [4.78, 5) is 3.94. The molecule has 2 heterocycles. The lowest BCUT2D eigenvalue weighted by Gasteiger charge is -2.44. The van der Waals surface area contributed by atoms with Gasteiger partial charge in [0.2, 0.25) is 0 Å². The number of fused-ring (bicyclic) bond motifs is 1. The first-order chi connectivity index (χ1) is 17.1. The highest BCUT2D eigenvalue weighted by Crippen LogP contribution is 2.44. The van der Waals surface area contributed by atoms with Crippen molar-refractivity contribution < 1.29 is 9.13 Å². The molecule has 2 atom stereocenters. The largest absolute Gasteiger partial charge is 0.497 e. The fourth-order valence-corrected chi connectivity index (χ4v) is 4.77. The zero-order valence-electron chi connectivity index (χ0n) is 20.1. The molecule has 0 saturated heterocycles. The molecule has 0 amide bonds. The molecule has 0 N–H and O–H groups in total. The second-order valence-corrected chi connectivity index (χ2v) is 8.68. The van der Waals surface area contributed by atoms with Gasteiger partial charge in [0.05, 0.1) is 25.7 Å². The van der Waals surface area contributed by atoms with Crippen molar-refractivity contribution in [2.24, 2.45) is 0 Å². The number of rotatable bonds is 6. The lowest BCUT2D eigenvalue weighted by atomic mass is 9.85. The van der Waals surface area contributed by atoms with Gasteiger partial charge >= 0.3 is 0 Å². The van der Waals surface area contributed by atoms with Crippen LogP contribution in [0.4, 0.5) is 10.1 Å². The zero-order valence-corrected chi connectivity index (χ0v) is 20.1. The molecule has 0 bridgehead atoms. The number of hydrogen-bond donors (Lipinski definition) is 0. The van der Waals surface area contributed by atoms with E-state index in [2.05, 4.69) is 63.6 Å². The van der Waals surface area contributed by atoms with Gasteiger partial charge in [-0.05, 0) is 90.2 Å². The summed E-state index contributed by atoms with van der Waals surface area (Å²) in [5.74, 6) is 1.22. The van der Waals surface area contributed by atoms with Gasteiger partial charge in [0.25, 0.3) is 0 Å². The van der Waals surface area contributed by atoms with Crippen LogP contribution in [0.25, 0.3) is 12.2 Å². The number of anilines is 1. The molecule has 0 fully saturated rings. The number of aromatic nitrogens is 4. The third-order valence-corrected chi connectivity index (χ3v) is 6.59. The normalized spacial score (nSPS) is 17.5. The Bertz CT molecular complexity index is 1330. The molecule has 7 heteroatoms. The molecule has 4 aromatic rings. The Hall–Kier alpha value is -4.00. The van der Waals surface area contributed by atoms with Crippen LogP contribution in [-0.4, -0.2) is 27.3 Å². The molecular weight excluding hydrogens is 441 g/mol. The van der Waals surface area contributed by atoms with Crippen molar-refractivity contribution >= 4 is 17.8 Å². The molecule has 0 spiro atoms. The molecule has 0 aliphatic carbocycles. The van der Waals surface area contributed by atoms with Crippen molar-refractivity contribution in [3.63, 3.8) is 0 Å². The maximum Gasteiger partial charge on any atom is 0.197 e. The van der Waals surface area contributed by atoms with Gasteiger partial charge in [0.1, 0.15) is 11.6 Å². The lowest BCUT2D eigenvalue weighted by molar-refractivity contribution is 0.412. The van der Waals surface area contributed by atoms with E-state index >= 15 is 0 Å². The van der Waals surface area contributed by atoms with Gasteiger partial charge in [-0.25, -0.2) is 4.39 Å². The zero-order chi connectivity index (χ0) is 24.4. The minimum absolute atomic E-state index is 0.0965. The number of methoxy groups -OCH3 is 1. The van der Waals surface area contributed by atoms with Crippen LogP contribution in [0.5, 0.6) is 5.75 Å². The smallest absolute Gasteiger partial charge is 0.197 e. The minimum Gasteiger partial charge on any atom is -0.497 e. The van der Waals surface area contributed by atoms with Crippen LogP contribution in [-0.2, 0) is 13.0 Å². The summed E-state index contributed by atoms with van der Waals surface area (Å²) in [6, 6.07) is 21.8. The van der Waals surface area contributed by atoms with Crippen LogP contribution in [0.3, 0.4) is 0 Å². The molecule has 178 valence electrons. The van der Waals surface area contributed by atoms with Crippen molar-refractivity contribution in [1.29, 1.82) is 0 Å². The third kappa shape index (κ3) is 4.67. The van der Waals surface area contributed by atoms with E-state index < -0.39 is 0 Å². The van der Waals surface area contributed by atoms with Crippen LogP contribution in [0.1, 0.15) is 54.0 Å². The quantitative estimate of drug-likeness (QED) is 0.353. The van der Waals surface area contributed by atoms with E-state index in [1.54, 1.807) is 11.9 Å². The highest BCUT2D eigenvalue weighted by atomic mass is 19.1. The molecule has 2 unspecified atom stereocenters. The maximum absolute atomic E-state index is 13.7. The topological polar surface area (TPSA) is 56.1 Å². The fourth-order valence-electron chi connectivity index (χ4n) is 4.77. The van der Waals surface area contributed by atoms with Crippen LogP contribution >= 0.6 is 0 Å². The minimum atomic E-state index is -0.232. The van der Waals surface area contributed by atoms with Crippen molar-refractivity contribution in [3.05, 3.63) is 101 Å². The summed E-state index contributed by atoms with van der Waals surface area (Å²) in [5, 5.41) is 12.3. The second kappa shape index (κ2) is 9.70. The number of halogens is 1. The lowest BCUT2D eigenvalue weighted by Crippen LogP contribution is -2.37. The van der Waals surface area contributed by atoms with Crippen LogP contribution in [0.15, 0.2) is 66.7 Å². The second-order valence-electron chi connectivity index (χ2n) is 8.68.